The lowest BCUT2D eigenvalue weighted by molar-refractivity contribution is 0.661. The highest BCUT2D eigenvalue weighted by molar-refractivity contribution is 7.26. The van der Waals surface area contributed by atoms with E-state index in [2.05, 4.69) is 183 Å². The molecule has 0 atom stereocenters. The second kappa shape index (κ2) is 13.3. The van der Waals surface area contributed by atoms with Gasteiger partial charge in [-0.3, -0.25) is 4.90 Å². The highest BCUT2D eigenvalue weighted by Crippen LogP contribution is 2.52. The minimum atomic E-state index is -0.280. The zero-order valence-electron chi connectivity index (χ0n) is 32.9. The van der Waals surface area contributed by atoms with Gasteiger partial charge in [-0.2, -0.15) is 9.97 Å². The van der Waals surface area contributed by atoms with Crippen molar-refractivity contribution >= 4 is 70.8 Å². The summed E-state index contributed by atoms with van der Waals surface area (Å²) >= 11 is 1.80. The first-order chi connectivity index (χ1) is 29.5. The molecule has 0 N–H and O–H groups in total. The average molecular weight is 789 g/mol. The molecule has 0 saturated carbocycles. The molecule has 1 aliphatic carbocycles. The Morgan fingerprint density at radius 3 is 2.02 bits per heavy atom. The molecule has 0 amide bonds. The van der Waals surface area contributed by atoms with E-state index < -0.39 is 0 Å². The number of furan rings is 1. The van der Waals surface area contributed by atoms with E-state index >= 15 is 0 Å². The Hall–Kier alpha value is -7.41. The highest BCUT2D eigenvalue weighted by Gasteiger charge is 2.38. The van der Waals surface area contributed by atoms with Crippen LogP contribution in [0.4, 0.5) is 17.3 Å². The van der Waals surface area contributed by atoms with Gasteiger partial charge < -0.3 is 4.42 Å². The van der Waals surface area contributed by atoms with Crippen molar-refractivity contribution in [2.75, 3.05) is 4.90 Å². The molecule has 60 heavy (non-hydrogen) atoms. The van der Waals surface area contributed by atoms with Crippen molar-refractivity contribution in [2.24, 2.45) is 0 Å². The summed E-state index contributed by atoms with van der Waals surface area (Å²) in [5, 5.41) is 4.44. The van der Waals surface area contributed by atoms with Gasteiger partial charge in [-0.05, 0) is 88.0 Å². The maximum atomic E-state index is 6.27. The van der Waals surface area contributed by atoms with Gasteiger partial charge in [-0.1, -0.05) is 141 Å². The molecule has 0 unspecified atom stereocenters. The number of rotatable bonds is 6. The Labute approximate surface area is 350 Å². The van der Waals surface area contributed by atoms with Crippen LogP contribution >= 0.6 is 11.3 Å². The standard InChI is InChI=1S/C54H36N4OS/c1-54(2)43-21-9-6-16-37(43)39-19-12-20-41(50(39)54)52-55-51(35-28-31-46-42(32-35)38-17-7-10-23-45(38)59-46)56-53(57-52)58(36-29-26-34(27-30-36)33-14-4-3-5-15-33)44-22-13-25-48-49(44)40-18-8-11-24-47(40)60-48/h3-32H,1-2H3. The van der Waals surface area contributed by atoms with Crippen molar-refractivity contribution in [3.8, 4) is 45.0 Å². The third-order valence-corrected chi connectivity index (χ3v) is 13.3. The van der Waals surface area contributed by atoms with E-state index in [1.807, 2.05) is 18.2 Å². The number of benzene rings is 8. The van der Waals surface area contributed by atoms with Crippen LogP contribution in [0.1, 0.15) is 25.0 Å². The second-order valence-corrected chi connectivity index (χ2v) is 17.1. The lowest BCUT2D eigenvalue weighted by atomic mass is 9.80. The Balaban J connectivity index is 1.14. The van der Waals surface area contributed by atoms with E-state index in [-0.39, 0.29) is 5.41 Å². The molecule has 0 fully saturated rings. The normalized spacial score (nSPS) is 13.0. The summed E-state index contributed by atoms with van der Waals surface area (Å²) in [6.45, 7) is 4.62. The molecule has 12 rings (SSSR count). The van der Waals surface area contributed by atoms with Crippen molar-refractivity contribution in [1.29, 1.82) is 0 Å². The van der Waals surface area contributed by atoms with Crippen molar-refractivity contribution in [2.45, 2.75) is 19.3 Å². The Morgan fingerprint density at radius 2 is 1.13 bits per heavy atom. The van der Waals surface area contributed by atoms with Crippen LogP contribution in [-0.4, -0.2) is 15.0 Å². The molecular weight excluding hydrogens is 753 g/mol. The molecule has 6 heteroatoms. The molecule has 11 aromatic rings. The SMILES string of the molecule is CC1(C)c2ccccc2-c2cccc(-c3nc(-c4ccc5oc6ccccc6c5c4)nc(N(c4ccc(-c5ccccc5)cc4)c4cccc5sc6ccccc6c45)n3)c21. The van der Waals surface area contributed by atoms with Crippen LogP contribution in [0.25, 0.3) is 87.1 Å². The first kappa shape index (κ1) is 34.6. The van der Waals surface area contributed by atoms with Gasteiger partial charge in [0, 0.05) is 53.2 Å². The molecule has 3 aromatic heterocycles. The predicted molar refractivity (Wildman–Crippen MR) is 249 cm³/mol. The van der Waals surface area contributed by atoms with Gasteiger partial charge >= 0.3 is 0 Å². The number of aromatic nitrogens is 3. The molecular formula is C54H36N4OS. The summed E-state index contributed by atoms with van der Waals surface area (Å²) in [5.74, 6) is 1.74. The van der Waals surface area contributed by atoms with Crippen LogP contribution in [-0.2, 0) is 5.41 Å². The van der Waals surface area contributed by atoms with E-state index in [0.717, 1.165) is 61.0 Å². The fourth-order valence-corrected chi connectivity index (χ4v) is 10.5. The molecule has 3 heterocycles. The first-order valence-electron chi connectivity index (χ1n) is 20.3. The molecule has 0 bridgehead atoms. The lowest BCUT2D eigenvalue weighted by Crippen LogP contribution is -2.18. The Kier molecular flexibility index (Phi) is 7.68. The zero-order chi connectivity index (χ0) is 40.0. The summed E-state index contributed by atoms with van der Waals surface area (Å²) in [6, 6.07) is 64.2. The molecule has 5 nitrogen and oxygen atoms in total. The number of hydrogen-bond donors (Lipinski definition) is 0. The number of thiophene rings is 1. The second-order valence-electron chi connectivity index (χ2n) is 16.0. The molecule has 284 valence electrons. The number of para-hydroxylation sites is 1. The van der Waals surface area contributed by atoms with Crippen molar-refractivity contribution in [3.05, 3.63) is 193 Å². The molecule has 1 aliphatic rings. The van der Waals surface area contributed by atoms with Gasteiger partial charge in [0.1, 0.15) is 11.2 Å². The van der Waals surface area contributed by atoms with Crippen LogP contribution in [0.15, 0.2) is 186 Å². The van der Waals surface area contributed by atoms with Gasteiger partial charge in [0.25, 0.3) is 0 Å². The van der Waals surface area contributed by atoms with Gasteiger partial charge in [0.2, 0.25) is 5.95 Å². The van der Waals surface area contributed by atoms with Gasteiger partial charge in [-0.15, -0.1) is 11.3 Å². The number of fused-ring (bicyclic) bond motifs is 9. The Morgan fingerprint density at radius 1 is 0.483 bits per heavy atom. The smallest absolute Gasteiger partial charge is 0.238 e. The summed E-state index contributed by atoms with van der Waals surface area (Å²) in [6.07, 6.45) is 0. The van der Waals surface area contributed by atoms with Gasteiger partial charge in [-0.25, -0.2) is 4.98 Å². The zero-order valence-corrected chi connectivity index (χ0v) is 33.7. The Bertz CT molecular complexity index is 3480. The fraction of sp³-hybridized carbons (Fsp3) is 0.0556. The monoisotopic (exact) mass is 788 g/mol. The third kappa shape index (κ3) is 5.34. The summed E-state index contributed by atoms with van der Waals surface area (Å²) in [7, 11) is 0. The quantitative estimate of drug-likeness (QED) is 0.168. The van der Waals surface area contributed by atoms with Crippen LogP contribution in [0.2, 0.25) is 0 Å². The molecule has 0 aliphatic heterocycles. The molecule has 8 aromatic carbocycles. The van der Waals surface area contributed by atoms with Crippen LogP contribution in [0.3, 0.4) is 0 Å². The van der Waals surface area contributed by atoms with Crippen molar-refractivity contribution < 1.29 is 4.42 Å². The van der Waals surface area contributed by atoms with Crippen LogP contribution in [0.5, 0.6) is 0 Å². The molecule has 0 radical (unpaired) electrons. The molecule has 0 saturated heterocycles. The third-order valence-electron chi connectivity index (χ3n) is 12.1. The maximum Gasteiger partial charge on any atom is 0.238 e. The number of nitrogens with zero attached hydrogens (tertiary/aromatic N) is 4. The van der Waals surface area contributed by atoms with Gasteiger partial charge in [0.05, 0.1) is 5.69 Å². The summed E-state index contributed by atoms with van der Waals surface area (Å²) in [5.41, 5.74) is 12.5. The van der Waals surface area contributed by atoms with E-state index in [1.165, 1.54) is 37.0 Å². The fourth-order valence-electron chi connectivity index (χ4n) is 9.35. The average Bonchev–Trinajstić information content (AvgIpc) is 3.95. The largest absolute Gasteiger partial charge is 0.456 e. The summed E-state index contributed by atoms with van der Waals surface area (Å²) < 4.78 is 8.70. The maximum absolute atomic E-state index is 6.27. The van der Waals surface area contributed by atoms with E-state index in [0.29, 0.717) is 17.6 Å². The minimum Gasteiger partial charge on any atom is -0.456 e. The minimum absolute atomic E-state index is 0.280. The highest BCUT2D eigenvalue weighted by atomic mass is 32.1. The van der Waals surface area contributed by atoms with E-state index in [4.69, 9.17) is 19.4 Å². The lowest BCUT2D eigenvalue weighted by Gasteiger charge is -2.26. The van der Waals surface area contributed by atoms with Gasteiger partial charge in [0.15, 0.2) is 11.6 Å². The van der Waals surface area contributed by atoms with E-state index in [9.17, 15) is 0 Å². The summed E-state index contributed by atoms with van der Waals surface area (Å²) in [4.78, 5) is 18.6. The number of anilines is 3. The topological polar surface area (TPSA) is 55.1 Å². The van der Waals surface area contributed by atoms with Crippen molar-refractivity contribution in [3.63, 3.8) is 0 Å². The van der Waals surface area contributed by atoms with E-state index in [1.54, 1.807) is 11.3 Å². The predicted octanol–water partition coefficient (Wildman–Crippen LogP) is 14.9. The van der Waals surface area contributed by atoms with Crippen LogP contribution in [0, 0.1) is 0 Å². The van der Waals surface area contributed by atoms with Crippen molar-refractivity contribution in [1.82, 2.24) is 15.0 Å². The first-order valence-corrected chi connectivity index (χ1v) is 21.1. The number of hydrogen-bond acceptors (Lipinski definition) is 6. The van der Waals surface area contributed by atoms with Crippen LogP contribution < -0.4 is 4.90 Å². The molecule has 0 spiro atoms.